The molecule has 0 saturated heterocycles. The van der Waals surface area contributed by atoms with Gasteiger partial charge in [0.1, 0.15) is 17.5 Å². The van der Waals surface area contributed by atoms with E-state index in [2.05, 4.69) is 17.2 Å². The summed E-state index contributed by atoms with van der Waals surface area (Å²) < 4.78 is 41.4. The van der Waals surface area contributed by atoms with E-state index >= 15 is 0 Å². The predicted molar refractivity (Wildman–Crippen MR) is 119 cm³/mol. The lowest BCUT2D eigenvalue weighted by Crippen LogP contribution is -2.25. The highest BCUT2D eigenvalue weighted by Gasteiger charge is 2.25. The average Bonchev–Trinajstić information content (AvgIpc) is 3.21. The number of fused-ring (bicyclic) bond motifs is 1. The second-order valence-corrected chi connectivity index (χ2v) is 7.76. The summed E-state index contributed by atoms with van der Waals surface area (Å²) in [7, 11) is 0. The lowest BCUT2D eigenvalue weighted by Gasteiger charge is -2.18. The van der Waals surface area contributed by atoms with Gasteiger partial charge >= 0.3 is 0 Å². The molecule has 2 N–H and O–H groups in total. The molecule has 0 fully saturated rings. The molecule has 1 atom stereocenters. The predicted octanol–water partition coefficient (Wildman–Crippen LogP) is 5.99. The third-order valence-electron chi connectivity index (χ3n) is 5.72. The summed E-state index contributed by atoms with van der Waals surface area (Å²) in [5.74, 6) is -2.60. The van der Waals surface area contributed by atoms with Crippen molar-refractivity contribution in [3.05, 3.63) is 107 Å². The molecule has 0 bridgehead atoms. The Morgan fingerprint density at radius 2 is 1.72 bits per heavy atom. The summed E-state index contributed by atoms with van der Waals surface area (Å²) in [6.45, 7) is 2.28. The van der Waals surface area contributed by atoms with Gasteiger partial charge in [-0.25, -0.2) is 13.2 Å². The highest BCUT2D eigenvalue weighted by Crippen LogP contribution is 2.36. The van der Waals surface area contributed by atoms with Gasteiger partial charge in [0.25, 0.3) is 0 Å². The van der Waals surface area contributed by atoms with Crippen molar-refractivity contribution in [1.29, 1.82) is 0 Å². The molecule has 164 valence electrons. The number of nitrogens with one attached hydrogen (secondary N) is 2. The number of aromatic amines is 1. The minimum absolute atomic E-state index is 0.0208. The molecular formula is C26H23F3N2O. The fourth-order valence-electron chi connectivity index (χ4n) is 4.05. The molecule has 1 aromatic heterocycles. The number of carbonyl (C=O) groups excluding carboxylic acids is 1. The number of rotatable bonds is 7. The largest absolute Gasteiger partial charge is 0.361 e. The van der Waals surface area contributed by atoms with Gasteiger partial charge in [-0.3, -0.25) is 4.79 Å². The van der Waals surface area contributed by atoms with Crippen LogP contribution >= 0.6 is 0 Å². The maximum absolute atomic E-state index is 14.8. The van der Waals surface area contributed by atoms with Crippen LogP contribution in [0.2, 0.25) is 0 Å². The van der Waals surface area contributed by atoms with Crippen LogP contribution in [0.15, 0.2) is 66.9 Å². The first-order valence-electron chi connectivity index (χ1n) is 10.5. The van der Waals surface area contributed by atoms with Crippen LogP contribution in [0.4, 0.5) is 13.2 Å². The molecule has 4 rings (SSSR count). The van der Waals surface area contributed by atoms with E-state index in [0.29, 0.717) is 0 Å². The van der Waals surface area contributed by atoms with Crippen LogP contribution in [-0.4, -0.2) is 10.9 Å². The fraction of sp³-hybridized carbons (Fsp3) is 0.192. The van der Waals surface area contributed by atoms with Gasteiger partial charge in [0, 0.05) is 42.0 Å². The summed E-state index contributed by atoms with van der Waals surface area (Å²) in [6, 6.07) is 15.2. The van der Waals surface area contributed by atoms with Gasteiger partial charge in [0.15, 0.2) is 0 Å². The van der Waals surface area contributed by atoms with E-state index in [9.17, 15) is 18.0 Å². The molecule has 4 aromatic rings. The van der Waals surface area contributed by atoms with Gasteiger partial charge in [0.2, 0.25) is 5.91 Å². The molecule has 0 radical (unpaired) electrons. The average molecular weight is 436 g/mol. The smallest absolute Gasteiger partial charge is 0.221 e. The number of benzene rings is 3. The summed E-state index contributed by atoms with van der Waals surface area (Å²) in [4.78, 5) is 16.1. The first kappa shape index (κ1) is 21.7. The van der Waals surface area contributed by atoms with Crippen molar-refractivity contribution >= 4 is 16.8 Å². The Bertz CT molecular complexity index is 1250. The third kappa shape index (κ3) is 4.54. The number of aryl methyl sites for hydroxylation is 1. The molecule has 0 aliphatic carbocycles. The number of aromatic nitrogens is 1. The van der Waals surface area contributed by atoms with E-state index in [-0.39, 0.29) is 30.3 Å². The Hall–Kier alpha value is -3.54. The molecular weight excluding hydrogens is 413 g/mol. The van der Waals surface area contributed by atoms with Gasteiger partial charge in [-0.15, -0.1) is 0 Å². The van der Waals surface area contributed by atoms with Gasteiger partial charge in [0.05, 0.1) is 0 Å². The van der Waals surface area contributed by atoms with E-state index < -0.39 is 17.6 Å². The topological polar surface area (TPSA) is 44.9 Å². The van der Waals surface area contributed by atoms with Crippen LogP contribution in [0, 0.1) is 17.5 Å². The standard InChI is InChI=1S/C26H23F3N2O/c1-2-17-4-3-5-21-23(15-31-26(17)21)22(20-11-10-19(28)12-24(20)29)13-25(32)30-14-16-6-8-18(27)9-7-16/h3-12,15,22,31H,2,13-14H2,1H3,(H,30,32)/t22-/m1/s1. The lowest BCUT2D eigenvalue weighted by atomic mass is 9.87. The van der Waals surface area contributed by atoms with Crippen LogP contribution in [0.3, 0.4) is 0 Å². The van der Waals surface area contributed by atoms with Crippen molar-refractivity contribution < 1.29 is 18.0 Å². The van der Waals surface area contributed by atoms with E-state index in [1.54, 1.807) is 18.3 Å². The molecule has 0 unspecified atom stereocenters. The van der Waals surface area contributed by atoms with Crippen LogP contribution in [-0.2, 0) is 17.8 Å². The van der Waals surface area contributed by atoms with Gasteiger partial charge < -0.3 is 10.3 Å². The maximum Gasteiger partial charge on any atom is 0.221 e. The second-order valence-electron chi connectivity index (χ2n) is 7.76. The lowest BCUT2D eigenvalue weighted by molar-refractivity contribution is -0.121. The normalized spacial score (nSPS) is 12.1. The Morgan fingerprint density at radius 3 is 2.44 bits per heavy atom. The van der Waals surface area contributed by atoms with Crippen molar-refractivity contribution in [2.75, 3.05) is 0 Å². The number of halogens is 3. The Labute approximate surface area is 184 Å². The summed E-state index contributed by atoms with van der Waals surface area (Å²) in [6.07, 6.45) is 2.60. The molecule has 3 aromatic carbocycles. The molecule has 32 heavy (non-hydrogen) atoms. The quantitative estimate of drug-likeness (QED) is 0.367. The first-order chi connectivity index (χ1) is 15.5. The molecule has 6 heteroatoms. The molecule has 0 saturated carbocycles. The zero-order valence-electron chi connectivity index (χ0n) is 17.6. The van der Waals surface area contributed by atoms with Crippen molar-refractivity contribution in [3.8, 4) is 0 Å². The zero-order valence-corrected chi connectivity index (χ0v) is 17.6. The Morgan fingerprint density at radius 1 is 0.969 bits per heavy atom. The van der Waals surface area contributed by atoms with E-state index in [1.807, 2.05) is 18.2 Å². The van der Waals surface area contributed by atoms with E-state index in [1.165, 1.54) is 24.3 Å². The van der Waals surface area contributed by atoms with Crippen molar-refractivity contribution in [3.63, 3.8) is 0 Å². The SMILES string of the molecule is CCc1cccc2c([C@H](CC(=O)NCc3ccc(F)cc3)c3ccc(F)cc3F)c[nH]c12. The minimum atomic E-state index is -0.692. The minimum Gasteiger partial charge on any atom is -0.361 e. The van der Waals surface area contributed by atoms with Gasteiger partial charge in [-0.05, 0) is 46.9 Å². The second kappa shape index (κ2) is 9.30. The zero-order chi connectivity index (χ0) is 22.7. The number of hydrogen-bond acceptors (Lipinski definition) is 1. The Kier molecular flexibility index (Phi) is 6.30. The van der Waals surface area contributed by atoms with Crippen LogP contribution in [0.25, 0.3) is 10.9 Å². The number of hydrogen-bond donors (Lipinski definition) is 2. The third-order valence-corrected chi connectivity index (χ3v) is 5.72. The molecule has 1 heterocycles. The molecule has 3 nitrogen and oxygen atoms in total. The monoisotopic (exact) mass is 436 g/mol. The van der Waals surface area contributed by atoms with Crippen LogP contribution < -0.4 is 5.32 Å². The van der Waals surface area contributed by atoms with E-state index in [0.717, 1.165) is 40.1 Å². The first-order valence-corrected chi connectivity index (χ1v) is 10.5. The Balaban J connectivity index is 1.66. The number of para-hydroxylation sites is 1. The van der Waals surface area contributed by atoms with E-state index in [4.69, 9.17) is 0 Å². The summed E-state index contributed by atoms with van der Waals surface area (Å²) >= 11 is 0. The van der Waals surface area contributed by atoms with Crippen molar-refractivity contribution in [2.45, 2.75) is 32.2 Å². The van der Waals surface area contributed by atoms with Crippen LogP contribution in [0.5, 0.6) is 0 Å². The number of carbonyl (C=O) groups is 1. The van der Waals surface area contributed by atoms with Gasteiger partial charge in [-0.1, -0.05) is 43.3 Å². The highest BCUT2D eigenvalue weighted by molar-refractivity contribution is 5.88. The number of amides is 1. The fourth-order valence-corrected chi connectivity index (χ4v) is 4.05. The molecule has 1 amide bonds. The van der Waals surface area contributed by atoms with Crippen molar-refractivity contribution in [2.24, 2.45) is 0 Å². The van der Waals surface area contributed by atoms with Crippen LogP contribution in [0.1, 0.15) is 41.5 Å². The summed E-state index contributed by atoms with van der Waals surface area (Å²) in [5.41, 5.74) is 3.85. The van der Waals surface area contributed by atoms with Gasteiger partial charge in [-0.2, -0.15) is 0 Å². The highest BCUT2D eigenvalue weighted by atomic mass is 19.1. The molecule has 0 aliphatic rings. The molecule has 0 aliphatic heterocycles. The maximum atomic E-state index is 14.8. The number of H-pyrrole nitrogens is 1. The summed E-state index contributed by atoms with van der Waals surface area (Å²) in [5, 5.41) is 3.72. The molecule has 0 spiro atoms. The van der Waals surface area contributed by atoms with Crippen molar-refractivity contribution in [1.82, 2.24) is 10.3 Å².